The van der Waals surface area contributed by atoms with Crippen LogP contribution in [0, 0.1) is 0 Å². The predicted octanol–water partition coefficient (Wildman–Crippen LogP) is 5.39. The van der Waals surface area contributed by atoms with Crippen LogP contribution in [0.4, 0.5) is 5.69 Å². The molecular weight excluding hydrogens is 442 g/mol. The van der Waals surface area contributed by atoms with E-state index in [1.54, 1.807) is 12.1 Å². The summed E-state index contributed by atoms with van der Waals surface area (Å²) in [5.74, 6) is 1.18. The number of halogens is 1. The fourth-order valence-corrected chi connectivity index (χ4v) is 3.34. The summed E-state index contributed by atoms with van der Waals surface area (Å²) in [6.07, 6.45) is 0. The molecule has 2 aromatic heterocycles. The van der Waals surface area contributed by atoms with Crippen molar-refractivity contribution in [1.82, 2.24) is 9.59 Å². The van der Waals surface area contributed by atoms with Gasteiger partial charge in [0, 0.05) is 21.1 Å². The normalized spacial score (nSPS) is 10.6. The van der Waals surface area contributed by atoms with E-state index in [9.17, 15) is 4.79 Å². The summed E-state index contributed by atoms with van der Waals surface area (Å²) in [5.41, 5.74) is 2.42. The standard InChI is InChI=1S/C20H14BrN3O3S/c21-14-2-1-3-16(10-14)26-11-17-8-9-19(27-17)20(25)22-15-6-4-13(5-7-15)18-12-28-24-23-18/h1-10,12H,11H2,(H,22,25). The highest BCUT2D eigenvalue weighted by Crippen LogP contribution is 2.22. The Morgan fingerprint density at radius 1 is 1.14 bits per heavy atom. The van der Waals surface area contributed by atoms with Gasteiger partial charge in [0.05, 0.1) is 0 Å². The highest BCUT2D eigenvalue weighted by atomic mass is 79.9. The molecular formula is C20H14BrN3O3S. The van der Waals surface area contributed by atoms with Crippen LogP contribution < -0.4 is 10.1 Å². The zero-order chi connectivity index (χ0) is 19.3. The Balaban J connectivity index is 1.36. The van der Waals surface area contributed by atoms with Crippen molar-refractivity contribution >= 4 is 39.1 Å². The lowest BCUT2D eigenvalue weighted by Gasteiger charge is -2.05. The number of aromatic nitrogens is 2. The Labute approximate surface area is 173 Å². The van der Waals surface area contributed by atoms with Crippen LogP contribution in [-0.2, 0) is 6.61 Å². The Kier molecular flexibility index (Phi) is 5.50. The third-order valence-corrected chi connectivity index (χ3v) is 4.86. The first kappa shape index (κ1) is 18.4. The van der Waals surface area contributed by atoms with E-state index in [-0.39, 0.29) is 18.3 Å². The molecule has 1 amide bonds. The molecule has 28 heavy (non-hydrogen) atoms. The average Bonchev–Trinajstić information content (AvgIpc) is 3.39. The second-order valence-corrected chi connectivity index (χ2v) is 7.36. The van der Waals surface area contributed by atoms with Crippen molar-refractivity contribution in [2.75, 3.05) is 5.32 Å². The largest absolute Gasteiger partial charge is 0.486 e. The molecule has 1 N–H and O–H groups in total. The van der Waals surface area contributed by atoms with Crippen molar-refractivity contribution in [3.63, 3.8) is 0 Å². The molecule has 0 bridgehead atoms. The van der Waals surface area contributed by atoms with Gasteiger partial charge in [0.25, 0.3) is 5.91 Å². The van der Waals surface area contributed by atoms with Crippen molar-refractivity contribution in [3.05, 3.63) is 82.0 Å². The second-order valence-electron chi connectivity index (χ2n) is 5.83. The van der Waals surface area contributed by atoms with E-state index in [0.29, 0.717) is 17.2 Å². The van der Waals surface area contributed by atoms with Crippen molar-refractivity contribution in [1.29, 1.82) is 0 Å². The van der Waals surface area contributed by atoms with E-state index < -0.39 is 0 Å². The van der Waals surface area contributed by atoms with Gasteiger partial charge in [0.15, 0.2) is 5.76 Å². The van der Waals surface area contributed by atoms with Gasteiger partial charge in [-0.05, 0) is 54.0 Å². The predicted molar refractivity (Wildman–Crippen MR) is 110 cm³/mol. The van der Waals surface area contributed by atoms with Crippen LogP contribution in [0.5, 0.6) is 5.75 Å². The topological polar surface area (TPSA) is 77.2 Å². The van der Waals surface area contributed by atoms with Crippen LogP contribution in [0.3, 0.4) is 0 Å². The van der Waals surface area contributed by atoms with Gasteiger partial charge in [-0.25, -0.2) is 0 Å². The van der Waals surface area contributed by atoms with Crippen LogP contribution in [0.25, 0.3) is 11.3 Å². The monoisotopic (exact) mass is 455 g/mol. The number of carbonyl (C=O) groups is 1. The summed E-state index contributed by atoms with van der Waals surface area (Å²) in [4.78, 5) is 12.4. The Bertz CT molecular complexity index is 1080. The first-order valence-electron chi connectivity index (χ1n) is 8.33. The smallest absolute Gasteiger partial charge is 0.291 e. The number of rotatable bonds is 6. The summed E-state index contributed by atoms with van der Waals surface area (Å²) in [7, 11) is 0. The number of furan rings is 1. The number of ether oxygens (including phenoxy) is 1. The molecule has 8 heteroatoms. The Hall–Kier alpha value is -2.97. The number of carbonyl (C=O) groups excluding carboxylic acids is 1. The van der Waals surface area contributed by atoms with Gasteiger partial charge in [-0.1, -0.05) is 38.6 Å². The number of benzene rings is 2. The molecule has 0 aliphatic carbocycles. The molecule has 4 rings (SSSR count). The maximum Gasteiger partial charge on any atom is 0.291 e. The maximum absolute atomic E-state index is 12.4. The first-order valence-corrected chi connectivity index (χ1v) is 9.96. The molecule has 0 atom stereocenters. The Morgan fingerprint density at radius 3 is 2.75 bits per heavy atom. The van der Waals surface area contributed by atoms with E-state index in [1.165, 1.54) is 11.5 Å². The molecule has 0 aliphatic heterocycles. The van der Waals surface area contributed by atoms with E-state index in [2.05, 4.69) is 30.8 Å². The fraction of sp³-hybridized carbons (Fsp3) is 0.0500. The number of hydrogen-bond acceptors (Lipinski definition) is 6. The van der Waals surface area contributed by atoms with Gasteiger partial charge in [-0.3, -0.25) is 4.79 Å². The number of amides is 1. The fourth-order valence-electron chi connectivity index (χ4n) is 2.50. The molecule has 140 valence electrons. The van der Waals surface area contributed by atoms with Gasteiger partial charge >= 0.3 is 0 Å². The molecule has 4 aromatic rings. The summed E-state index contributed by atoms with van der Waals surface area (Å²) in [6.45, 7) is 0.236. The average molecular weight is 456 g/mol. The minimum atomic E-state index is -0.322. The quantitative estimate of drug-likeness (QED) is 0.421. The number of anilines is 1. The third kappa shape index (κ3) is 4.47. The second kappa shape index (κ2) is 8.37. The molecule has 6 nitrogen and oxygen atoms in total. The summed E-state index contributed by atoms with van der Waals surface area (Å²) in [5, 5.41) is 8.70. The van der Waals surface area contributed by atoms with Crippen LogP contribution in [0.1, 0.15) is 16.3 Å². The minimum Gasteiger partial charge on any atom is -0.486 e. The van der Waals surface area contributed by atoms with Crippen LogP contribution >= 0.6 is 27.5 Å². The minimum absolute atomic E-state index is 0.223. The number of nitrogens with one attached hydrogen (secondary N) is 1. The molecule has 0 aliphatic rings. The van der Waals surface area contributed by atoms with Gasteiger partial charge in [-0.15, -0.1) is 5.10 Å². The summed E-state index contributed by atoms with van der Waals surface area (Å²) < 4.78 is 16.0. The van der Waals surface area contributed by atoms with Crippen molar-refractivity contribution in [2.24, 2.45) is 0 Å². The summed E-state index contributed by atoms with van der Waals surface area (Å²) >= 11 is 4.69. The number of hydrogen-bond donors (Lipinski definition) is 1. The van der Waals surface area contributed by atoms with Crippen molar-refractivity contribution in [3.8, 4) is 17.0 Å². The van der Waals surface area contributed by atoms with E-state index in [4.69, 9.17) is 9.15 Å². The molecule has 0 saturated carbocycles. The van der Waals surface area contributed by atoms with E-state index >= 15 is 0 Å². The SMILES string of the molecule is O=C(Nc1ccc(-c2csnn2)cc1)c1ccc(COc2cccc(Br)c2)o1. The van der Waals surface area contributed by atoms with Crippen LogP contribution in [0.15, 0.2) is 74.9 Å². The van der Waals surface area contributed by atoms with Gasteiger partial charge in [0.1, 0.15) is 23.8 Å². The number of nitrogens with zero attached hydrogens (tertiary/aromatic N) is 2. The van der Waals surface area contributed by atoms with Crippen molar-refractivity contribution < 1.29 is 13.9 Å². The molecule has 0 fully saturated rings. The highest BCUT2D eigenvalue weighted by Gasteiger charge is 2.12. The van der Waals surface area contributed by atoms with Crippen LogP contribution in [-0.4, -0.2) is 15.5 Å². The van der Waals surface area contributed by atoms with Crippen LogP contribution in [0.2, 0.25) is 0 Å². The van der Waals surface area contributed by atoms with Crippen molar-refractivity contribution in [2.45, 2.75) is 6.61 Å². The lowest BCUT2D eigenvalue weighted by Crippen LogP contribution is -2.10. The van der Waals surface area contributed by atoms with Gasteiger partial charge < -0.3 is 14.5 Å². The molecule has 2 heterocycles. The summed E-state index contributed by atoms with van der Waals surface area (Å²) in [6, 6.07) is 18.3. The van der Waals surface area contributed by atoms with Gasteiger partial charge in [0.2, 0.25) is 0 Å². The molecule has 0 radical (unpaired) electrons. The zero-order valence-corrected chi connectivity index (χ0v) is 16.9. The Morgan fingerprint density at radius 2 is 2.00 bits per heavy atom. The highest BCUT2D eigenvalue weighted by molar-refractivity contribution is 9.10. The maximum atomic E-state index is 12.4. The van der Waals surface area contributed by atoms with E-state index in [0.717, 1.165) is 15.7 Å². The molecule has 2 aromatic carbocycles. The lowest BCUT2D eigenvalue weighted by molar-refractivity contribution is 0.0992. The zero-order valence-electron chi connectivity index (χ0n) is 14.5. The molecule has 0 saturated heterocycles. The molecule has 0 spiro atoms. The third-order valence-electron chi connectivity index (χ3n) is 3.86. The molecule has 0 unspecified atom stereocenters. The lowest BCUT2D eigenvalue weighted by atomic mass is 10.1. The first-order chi connectivity index (χ1) is 13.7. The van der Waals surface area contributed by atoms with Gasteiger partial charge in [-0.2, -0.15) is 0 Å². The van der Waals surface area contributed by atoms with E-state index in [1.807, 2.05) is 53.9 Å².